The van der Waals surface area contributed by atoms with Crippen LogP contribution in [0.2, 0.25) is 0 Å². The number of Topliss-reactive ketones (excluding diaryl/α,β-unsaturated/α-hetero) is 1. The van der Waals surface area contributed by atoms with Crippen molar-refractivity contribution in [2.75, 3.05) is 0 Å². The average Bonchev–Trinajstić information content (AvgIpc) is 2.47. The highest BCUT2D eigenvalue weighted by Gasteiger charge is 2.31. The summed E-state index contributed by atoms with van der Waals surface area (Å²) in [6.07, 6.45) is 0. The molecule has 6 N–H and O–H groups in total. The Balaban J connectivity index is 2.80. The normalized spacial score (nSPS) is 10.5. The minimum Gasteiger partial charge on any atom is -0.506 e. The first kappa shape index (κ1) is 16.0. The molecule has 0 bridgehead atoms. The second-order valence-electron chi connectivity index (χ2n) is 4.70. The van der Waals surface area contributed by atoms with Gasteiger partial charge in [-0.25, -0.2) is 0 Å². The van der Waals surface area contributed by atoms with E-state index in [0.717, 1.165) is 19.1 Å². The molecule has 23 heavy (non-hydrogen) atoms. The molecule has 0 heterocycles. The monoisotopic (exact) mass is 320 g/mol. The van der Waals surface area contributed by atoms with Crippen LogP contribution in [0.15, 0.2) is 18.2 Å². The molecule has 0 radical (unpaired) electrons. The molecule has 0 amide bonds. The molecule has 2 aromatic carbocycles. The number of carbonyl (C=O) groups excluding carboxylic acids is 2. The minimum atomic E-state index is -1.17. The number of para-hydroxylation sites is 1. The van der Waals surface area contributed by atoms with Crippen LogP contribution < -0.4 is 0 Å². The van der Waals surface area contributed by atoms with Crippen LogP contribution in [-0.4, -0.2) is 42.2 Å². The third-order valence-electron chi connectivity index (χ3n) is 3.23. The fraction of sp³-hybridized carbons (Fsp3) is 0.0667. The summed E-state index contributed by atoms with van der Waals surface area (Å²) in [7, 11) is 0. The van der Waals surface area contributed by atoms with Crippen molar-refractivity contribution in [3.63, 3.8) is 0 Å². The van der Waals surface area contributed by atoms with Gasteiger partial charge in [0.2, 0.25) is 11.5 Å². The van der Waals surface area contributed by atoms with E-state index in [9.17, 15) is 40.2 Å². The van der Waals surface area contributed by atoms with Crippen LogP contribution in [-0.2, 0) is 0 Å². The molecule has 2 rings (SSSR count). The fourth-order valence-corrected chi connectivity index (χ4v) is 2.10. The maximum absolute atomic E-state index is 12.4. The number of carbonyl (C=O) groups is 2. The first-order valence-electron chi connectivity index (χ1n) is 6.24. The molecule has 0 aromatic heterocycles. The van der Waals surface area contributed by atoms with Gasteiger partial charge in [-0.15, -0.1) is 0 Å². The van der Waals surface area contributed by atoms with Gasteiger partial charge in [-0.3, -0.25) is 9.59 Å². The number of ketones is 2. The summed E-state index contributed by atoms with van der Waals surface area (Å²) < 4.78 is 0. The number of benzene rings is 2. The number of hydrogen-bond donors (Lipinski definition) is 6. The van der Waals surface area contributed by atoms with Gasteiger partial charge in [0.1, 0.15) is 16.9 Å². The molecule has 0 spiro atoms. The lowest BCUT2D eigenvalue weighted by Crippen LogP contribution is -2.06. The van der Waals surface area contributed by atoms with Gasteiger partial charge < -0.3 is 30.6 Å². The number of hydrogen-bond acceptors (Lipinski definition) is 8. The molecule has 0 fully saturated rings. The van der Waals surface area contributed by atoms with E-state index in [4.69, 9.17) is 0 Å². The van der Waals surface area contributed by atoms with Crippen molar-refractivity contribution in [2.24, 2.45) is 0 Å². The van der Waals surface area contributed by atoms with E-state index >= 15 is 0 Å². The van der Waals surface area contributed by atoms with Gasteiger partial charge in [0.15, 0.2) is 28.8 Å². The lowest BCUT2D eigenvalue weighted by atomic mass is 9.95. The summed E-state index contributed by atoms with van der Waals surface area (Å²) in [5, 5.41) is 58.2. The quantitative estimate of drug-likeness (QED) is 0.281. The largest absolute Gasteiger partial charge is 0.506 e. The van der Waals surface area contributed by atoms with Crippen LogP contribution >= 0.6 is 0 Å². The number of phenols is 6. The molecular weight excluding hydrogens is 308 g/mol. The summed E-state index contributed by atoms with van der Waals surface area (Å²) in [6.45, 7) is 0.964. The van der Waals surface area contributed by atoms with E-state index in [1.807, 2.05) is 0 Å². The maximum Gasteiger partial charge on any atom is 0.204 e. The van der Waals surface area contributed by atoms with Gasteiger partial charge in [0, 0.05) is 0 Å². The first-order valence-corrected chi connectivity index (χ1v) is 6.24. The van der Waals surface area contributed by atoms with E-state index in [1.165, 1.54) is 6.07 Å². The average molecular weight is 320 g/mol. The van der Waals surface area contributed by atoms with Gasteiger partial charge in [0.05, 0.1) is 5.56 Å². The van der Waals surface area contributed by atoms with Crippen LogP contribution in [0.5, 0.6) is 34.5 Å². The zero-order valence-corrected chi connectivity index (χ0v) is 11.7. The Labute approximate surface area is 129 Å². The Morgan fingerprint density at radius 2 is 1.30 bits per heavy atom. The Kier molecular flexibility index (Phi) is 3.75. The molecule has 0 saturated carbocycles. The molecule has 0 unspecified atom stereocenters. The first-order chi connectivity index (χ1) is 10.7. The summed E-state index contributed by atoms with van der Waals surface area (Å²) in [4.78, 5) is 23.9. The van der Waals surface area contributed by atoms with Gasteiger partial charge in [-0.2, -0.15) is 0 Å². The van der Waals surface area contributed by atoms with Crippen molar-refractivity contribution in [2.45, 2.75) is 6.92 Å². The summed E-state index contributed by atoms with van der Waals surface area (Å²) in [5.41, 5.74) is -2.15. The summed E-state index contributed by atoms with van der Waals surface area (Å²) in [6, 6.07) is 3.41. The highest BCUT2D eigenvalue weighted by Crippen LogP contribution is 2.48. The molecule has 8 heteroatoms. The highest BCUT2D eigenvalue weighted by molar-refractivity contribution is 6.17. The van der Waals surface area contributed by atoms with Gasteiger partial charge in [0.25, 0.3) is 0 Å². The van der Waals surface area contributed by atoms with E-state index in [0.29, 0.717) is 0 Å². The van der Waals surface area contributed by atoms with Crippen LogP contribution in [0, 0.1) is 0 Å². The zero-order chi connectivity index (χ0) is 17.5. The van der Waals surface area contributed by atoms with Crippen molar-refractivity contribution < 1.29 is 40.2 Å². The van der Waals surface area contributed by atoms with Gasteiger partial charge in [-0.05, 0) is 19.1 Å². The number of phenolic OH excluding ortho intramolecular Hbond substituents is 6. The Morgan fingerprint density at radius 1 is 0.739 bits per heavy atom. The Bertz CT molecular complexity index is 838. The number of rotatable bonds is 3. The second kappa shape index (κ2) is 5.41. The summed E-state index contributed by atoms with van der Waals surface area (Å²) >= 11 is 0. The molecule has 2 aromatic rings. The van der Waals surface area contributed by atoms with E-state index in [2.05, 4.69) is 0 Å². The molecule has 0 aliphatic heterocycles. The maximum atomic E-state index is 12.4. The third kappa shape index (κ3) is 2.35. The lowest BCUT2D eigenvalue weighted by molar-refractivity contribution is 0.101. The molecule has 0 aliphatic rings. The molecule has 0 saturated heterocycles. The van der Waals surface area contributed by atoms with Crippen LogP contribution in [0.3, 0.4) is 0 Å². The molecular formula is C15H12O8. The third-order valence-corrected chi connectivity index (χ3v) is 3.23. The molecule has 120 valence electrons. The minimum absolute atomic E-state index is 0.491. The van der Waals surface area contributed by atoms with E-state index in [-0.39, 0.29) is 0 Å². The Morgan fingerprint density at radius 3 is 1.87 bits per heavy atom. The van der Waals surface area contributed by atoms with Crippen LogP contribution in [0.25, 0.3) is 0 Å². The van der Waals surface area contributed by atoms with Gasteiger partial charge in [-0.1, -0.05) is 6.07 Å². The zero-order valence-electron chi connectivity index (χ0n) is 11.7. The van der Waals surface area contributed by atoms with Crippen molar-refractivity contribution in [3.8, 4) is 34.5 Å². The lowest BCUT2D eigenvalue weighted by Gasteiger charge is -2.14. The SMILES string of the molecule is CC(=O)c1c(O)c(O)c(O)c(C(=O)c2cccc(O)c2O)c1O. The highest BCUT2D eigenvalue weighted by atomic mass is 16.3. The predicted octanol–water partition coefficient (Wildman–Crippen LogP) is 1.35. The standard InChI is InChI=1S/C15H12O8/c1-5(16)8-12(20)9(14(22)15(23)13(8)21)11(19)6-3-2-4-7(17)10(6)18/h2-4,17-18,20-23H,1H3. The molecule has 0 atom stereocenters. The number of aromatic hydroxyl groups is 6. The summed E-state index contributed by atoms with van der Waals surface area (Å²) in [5.74, 6) is -7.95. The fourth-order valence-electron chi connectivity index (χ4n) is 2.10. The van der Waals surface area contributed by atoms with Gasteiger partial charge >= 0.3 is 0 Å². The second-order valence-corrected chi connectivity index (χ2v) is 4.70. The van der Waals surface area contributed by atoms with Crippen molar-refractivity contribution >= 4 is 11.6 Å². The smallest absolute Gasteiger partial charge is 0.204 e. The van der Waals surface area contributed by atoms with E-state index in [1.54, 1.807) is 0 Å². The predicted molar refractivity (Wildman–Crippen MR) is 76.3 cm³/mol. The van der Waals surface area contributed by atoms with Crippen molar-refractivity contribution in [1.82, 2.24) is 0 Å². The van der Waals surface area contributed by atoms with E-state index < -0.39 is 62.8 Å². The topological polar surface area (TPSA) is 156 Å². The Hall–Kier alpha value is -3.42. The van der Waals surface area contributed by atoms with Crippen molar-refractivity contribution in [3.05, 3.63) is 34.9 Å². The van der Waals surface area contributed by atoms with Crippen LogP contribution in [0.4, 0.5) is 0 Å². The molecule has 8 nitrogen and oxygen atoms in total. The van der Waals surface area contributed by atoms with Crippen LogP contribution in [0.1, 0.15) is 33.2 Å². The van der Waals surface area contributed by atoms with Crippen molar-refractivity contribution in [1.29, 1.82) is 0 Å². The molecule has 0 aliphatic carbocycles.